The van der Waals surface area contributed by atoms with Crippen LogP contribution in [-0.2, 0) is 0 Å². The van der Waals surface area contributed by atoms with Crippen LogP contribution in [0.4, 0.5) is 0 Å². The van der Waals surface area contributed by atoms with Crippen molar-refractivity contribution in [3.63, 3.8) is 0 Å². The van der Waals surface area contributed by atoms with Crippen molar-refractivity contribution in [1.82, 2.24) is 10.1 Å². The summed E-state index contributed by atoms with van der Waals surface area (Å²) in [4.78, 5) is 13.3. The number of aliphatic hydroxyl groups excluding tert-OH is 1. The minimum absolute atomic E-state index is 0.0997. The summed E-state index contributed by atoms with van der Waals surface area (Å²) >= 11 is 5.89. The summed E-state index contributed by atoms with van der Waals surface area (Å²) in [6.45, 7) is 0.142. The van der Waals surface area contributed by atoms with Gasteiger partial charge in [-0.15, -0.1) is 0 Å². The van der Waals surface area contributed by atoms with E-state index in [4.69, 9.17) is 21.2 Å². The standard InChI is InChI=1S/C13H13ClN2O3/c1-16(5-6-17)13(18)12-8-11(15-19-12)9-3-2-4-10(14)7-9/h2-4,7-8,17H,5-6H2,1H3. The van der Waals surface area contributed by atoms with Gasteiger partial charge in [-0.25, -0.2) is 0 Å². The molecule has 6 heteroatoms. The fourth-order valence-corrected chi connectivity index (χ4v) is 1.79. The third-order valence-corrected chi connectivity index (χ3v) is 2.86. The normalized spacial score (nSPS) is 10.5. The monoisotopic (exact) mass is 280 g/mol. The van der Waals surface area contributed by atoms with Crippen LogP contribution in [0.15, 0.2) is 34.9 Å². The van der Waals surface area contributed by atoms with E-state index in [0.717, 1.165) is 5.56 Å². The van der Waals surface area contributed by atoms with Crippen molar-refractivity contribution in [2.75, 3.05) is 20.2 Å². The number of rotatable bonds is 4. The molecular weight excluding hydrogens is 268 g/mol. The molecule has 0 atom stereocenters. The first kappa shape index (κ1) is 13.6. The van der Waals surface area contributed by atoms with Gasteiger partial charge in [-0.05, 0) is 12.1 Å². The Balaban J connectivity index is 2.22. The van der Waals surface area contributed by atoms with Crippen LogP contribution in [0.2, 0.25) is 5.02 Å². The second kappa shape index (κ2) is 5.86. The lowest BCUT2D eigenvalue weighted by molar-refractivity contribution is 0.0726. The van der Waals surface area contributed by atoms with E-state index in [1.807, 2.05) is 6.07 Å². The van der Waals surface area contributed by atoms with E-state index >= 15 is 0 Å². The van der Waals surface area contributed by atoms with Gasteiger partial charge in [0.1, 0.15) is 5.69 Å². The van der Waals surface area contributed by atoms with Crippen LogP contribution in [0.5, 0.6) is 0 Å². The average Bonchev–Trinajstić information content (AvgIpc) is 2.87. The highest BCUT2D eigenvalue weighted by atomic mass is 35.5. The Hall–Kier alpha value is -1.85. The van der Waals surface area contributed by atoms with Gasteiger partial charge in [0.2, 0.25) is 5.76 Å². The van der Waals surface area contributed by atoms with Crippen molar-refractivity contribution in [1.29, 1.82) is 0 Å². The van der Waals surface area contributed by atoms with Crippen LogP contribution in [0.1, 0.15) is 10.6 Å². The Bertz CT molecular complexity index is 583. The SMILES string of the molecule is CN(CCO)C(=O)c1cc(-c2cccc(Cl)c2)no1. The molecule has 0 radical (unpaired) electrons. The molecule has 5 nitrogen and oxygen atoms in total. The molecule has 1 heterocycles. The van der Waals surface area contributed by atoms with Crippen molar-refractivity contribution in [3.05, 3.63) is 41.1 Å². The maximum atomic E-state index is 11.9. The highest BCUT2D eigenvalue weighted by Gasteiger charge is 2.17. The zero-order valence-corrected chi connectivity index (χ0v) is 11.1. The molecule has 0 aliphatic heterocycles. The Labute approximate surface area is 115 Å². The summed E-state index contributed by atoms with van der Waals surface area (Å²) in [7, 11) is 1.58. The predicted molar refractivity (Wildman–Crippen MR) is 71.0 cm³/mol. The second-order valence-corrected chi connectivity index (χ2v) is 4.47. The van der Waals surface area contributed by atoms with Crippen LogP contribution in [0.3, 0.4) is 0 Å². The van der Waals surface area contributed by atoms with Gasteiger partial charge in [0.25, 0.3) is 5.91 Å². The number of halogens is 1. The summed E-state index contributed by atoms with van der Waals surface area (Å²) in [6.07, 6.45) is 0. The van der Waals surface area contributed by atoms with E-state index in [-0.39, 0.29) is 24.8 Å². The molecule has 0 spiro atoms. The molecule has 19 heavy (non-hydrogen) atoms. The Morgan fingerprint density at radius 3 is 2.95 bits per heavy atom. The highest BCUT2D eigenvalue weighted by Crippen LogP contribution is 2.22. The lowest BCUT2D eigenvalue weighted by atomic mass is 10.1. The minimum Gasteiger partial charge on any atom is -0.395 e. The number of benzene rings is 1. The number of hydrogen-bond acceptors (Lipinski definition) is 4. The van der Waals surface area contributed by atoms with E-state index in [1.54, 1.807) is 31.3 Å². The lowest BCUT2D eigenvalue weighted by Gasteiger charge is -2.12. The molecule has 1 aromatic carbocycles. The molecule has 1 N–H and O–H groups in total. The fourth-order valence-electron chi connectivity index (χ4n) is 1.60. The summed E-state index contributed by atoms with van der Waals surface area (Å²) < 4.78 is 5.02. The van der Waals surface area contributed by atoms with Crippen LogP contribution in [-0.4, -0.2) is 41.3 Å². The molecule has 2 rings (SSSR count). The second-order valence-electron chi connectivity index (χ2n) is 4.04. The van der Waals surface area contributed by atoms with E-state index in [0.29, 0.717) is 10.7 Å². The van der Waals surface area contributed by atoms with Crippen LogP contribution < -0.4 is 0 Å². The molecule has 2 aromatic rings. The van der Waals surface area contributed by atoms with Gasteiger partial charge in [0.05, 0.1) is 6.61 Å². The van der Waals surface area contributed by atoms with Crippen molar-refractivity contribution in [3.8, 4) is 11.3 Å². The molecule has 1 aromatic heterocycles. The number of likely N-dealkylation sites (N-methyl/N-ethyl adjacent to an activating group) is 1. The molecule has 0 fully saturated rings. The largest absolute Gasteiger partial charge is 0.395 e. The van der Waals surface area contributed by atoms with E-state index in [1.165, 1.54) is 4.90 Å². The van der Waals surface area contributed by atoms with E-state index < -0.39 is 0 Å². The number of nitrogens with zero attached hydrogens (tertiary/aromatic N) is 2. The number of carbonyl (C=O) groups is 1. The Morgan fingerprint density at radius 1 is 1.47 bits per heavy atom. The molecule has 0 saturated heterocycles. The number of aromatic nitrogens is 1. The van der Waals surface area contributed by atoms with Gasteiger partial charge < -0.3 is 14.5 Å². The Kier molecular flexibility index (Phi) is 4.19. The zero-order chi connectivity index (χ0) is 13.8. The Morgan fingerprint density at radius 2 is 2.26 bits per heavy atom. The summed E-state index contributed by atoms with van der Waals surface area (Å²) in [5.74, 6) is -0.194. The molecule has 0 aliphatic carbocycles. The van der Waals surface area contributed by atoms with Gasteiger partial charge in [0.15, 0.2) is 0 Å². The van der Waals surface area contributed by atoms with Crippen LogP contribution in [0, 0.1) is 0 Å². The van der Waals surface area contributed by atoms with Gasteiger partial charge in [0, 0.05) is 30.2 Å². The number of amides is 1. The van der Waals surface area contributed by atoms with Gasteiger partial charge in [-0.1, -0.05) is 28.9 Å². The van der Waals surface area contributed by atoms with Crippen LogP contribution in [0.25, 0.3) is 11.3 Å². The first-order chi connectivity index (χ1) is 9.11. The molecular formula is C13H13ClN2O3. The first-order valence-electron chi connectivity index (χ1n) is 5.71. The molecule has 0 aliphatic rings. The third-order valence-electron chi connectivity index (χ3n) is 2.62. The highest BCUT2D eigenvalue weighted by molar-refractivity contribution is 6.30. The predicted octanol–water partition coefficient (Wildman–Crippen LogP) is 2.06. The quantitative estimate of drug-likeness (QED) is 0.931. The van der Waals surface area contributed by atoms with Gasteiger partial charge in [-0.3, -0.25) is 4.79 Å². The van der Waals surface area contributed by atoms with E-state index in [2.05, 4.69) is 5.16 Å². The smallest absolute Gasteiger partial charge is 0.292 e. The maximum Gasteiger partial charge on any atom is 0.292 e. The molecule has 0 saturated carbocycles. The zero-order valence-electron chi connectivity index (χ0n) is 10.3. The van der Waals surface area contributed by atoms with Crippen molar-refractivity contribution < 1.29 is 14.4 Å². The summed E-state index contributed by atoms with van der Waals surface area (Å²) in [5.41, 5.74) is 1.32. The lowest BCUT2D eigenvalue weighted by Crippen LogP contribution is -2.29. The summed E-state index contributed by atoms with van der Waals surface area (Å²) in [6, 6.07) is 8.68. The van der Waals surface area contributed by atoms with Gasteiger partial charge in [-0.2, -0.15) is 0 Å². The molecule has 0 unspecified atom stereocenters. The van der Waals surface area contributed by atoms with Crippen molar-refractivity contribution >= 4 is 17.5 Å². The molecule has 100 valence electrons. The number of hydrogen-bond donors (Lipinski definition) is 1. The maximum absolute atomic E-state index is 11.9. The third kappa shape index (κ3) is 3.13. The fraction of sp³-hybridized carbons (Fsp3) is 0.231. The number of carbonyl (C=O) groups excluding carboxylic acids is 1. The van der Waals surface area contributed by atoms with Crippen LogP contribution >= 0.6 is 11.6 Å². The van der Waals surface area contributed by atoms with Crippen molar-refractivity contribution in [2.24, 2.45) is 0 Å². The first-order valence-corrected chi connectivity index (χ1v) is 6.08. The van der Waals surface area contributed by atoms with Gasteiger partial charge >= 0.3 is 0 Å². The molecule has 1 amide bonds. The average molecular weight is 281 g/mol. The van der Waals surface area contributed by atoms with Crippen molar-refractivity contribution in [2.45, 2.75) is 0 Å². The van der Waals surface area contributed by atoms with E-state index in [9.17, 15) is 4.79 Å². The topological polar surface area (TPSA) is 66.6 Å². The molecule has 0 bridgehead atoms. The summed E-state index contributed by atoms with van der Waals surface area (Å²) in [5, 5.41) is 13.2. The number of aliphatic hydroxyl groups is 1. The minimum atomic E-state index is -0.324.